The number of piperazine rings is 1. The summed E-state index contributed by atoms with van der Waals surface area (Å²) >= 11 is 0. The van der Waals surface area contributed by atoms with Gasteiger partial charge < -0.3 is 15.0 Å². The molecule has 0 bridgehead atoms. The van der Waals surface area contributed by atoms with Gasteiger partial charge in [0.15, 0.2) is 0 Å². The lowest BCUT2D eigenvalue weighted by Crippen LogP contribution is -2.55. The molecule has 118 valence electrons. The van der Waals surface area contributed by atoms with Gasteiger partial charge in [-0.2, -0.15) is 0 Å². The fraction of sp³-hybridized carbons (Fsp3) is 0.688. The molecule has 21 heavy (non-hydrogen) atoms. The third-order valence-electron chi connectivity index (χ3n) is 4.14. The van der Waals surface area contributed by atoms with Gasteiger partial charge in [-0.15, -0.1) is 0 Å². The van der Waals surface area contributed by atoms with E-state index in [4.69, 9.17) is 0 Å². The molecule has 0 spiro atoms. The number of aliphatic hydroxyl groups is 1. The fourth-order valence-corrected chi connectivity index (χ4v) is 3.06. The fourth-order valence-electron chi connectivity index (χ4n) is 3.06. The summed E-state index contributed by atoms with van der Waals surface area (Å²) in [6.45, 7) is 9.88. The number of aliphatic hydroxyl groups excluding tert-OH is 1. The summed E-state index contributed by atoms with van der Waals surface area (Å²) in [7, 11) is 0. The first-order valence-electron chi connectivity index (χ1n) is 7.81. The van der Waals surface area contributed by atoms with Crippen molar-refractivity contribution in [2.75, 3.05) is 32.8 Å². The standard InChI is InChI=1S/C16H27N3O2/c1-12(2)10-18-7-8-19(11-14(18)5-9-20)16(21)15-4-6-17-13(15)3/h4,6,12,14,17,20H,5,7-11H2,1-3H3/t14-/m0/s1. The van der Waals surface area contributed by atoms with Gasteiger partial charge in [0.2, 0.25) is 0 Å². The molecule has 1 aromatic heterocycles. The van der Waals surface area contributed by atoms with Crippen LogP contribution >= 0.6 is 0 Å². The minimum absolute atomic E-state index is 0.0980. The van der Waals surface area contributed by atoms with Gasteiger partial charge in [-0.05, 0) is 25.3 Å². The second-order valence-corrected chi connectivity index (χ2v) is 6.32. The van der Waals surface area contributed by atoms with Gasteiger partial charge >= 0.3 is 0 Å². The van der Waals surface area contributed by atoms with Crippen molar-refractivity contribution in [3.63, 3.8) is 0 Å². The van der Waals surface area contributed by atoms with Crippen molar-refractivity contribution in [2.24, 2.45) is 5.92 Å². The van der Waals surface area contributed by atoms with Crippen molar-refractivity contribution in [2.45, 2.75) is 33.2 Å². The average molecular weight is 293 g/mol. The number of nitrogens with zero attached hydrogens (tertiary/aromatic N) is 2. The minimum Gasteiger partial charge on any atom is -0.396 e. The highest BCUT2D eigenvalue weighted by Gasteiger charge is 2.30. The van der Waals surface area contributed by atoms with E-state index in [1.165, 1.54) is 0 Å². The van der Waals surface area contributed by atoms with E-state index in [9.17, 15) is 9.90 Å². The molecule has 0 unspecified atom stereocenters. The molecular weight excluding hydrogens is 266 g/mol. The van der Waals surface area contributed by atoms with Crippen LogP contribution in [0.1, 0.15) is 36.3 Å². The van der Waals surface area contributed by atoms with E-state index in [-0.39, 0.29) is 18.6 Å². The first kappa shape index (κ1) is 16.0. The van der Waals surface area contributed by atoms with Crippen LogP contribution < -0.4 is 0 Å². The number of aryl methyl sites for hydroxylation is 1. The van der Waals surface area contributed by atoms with Crippen LogP contribution in [0, 0.1) is 12.8 Å². The summed E-state index contributed by atoms with van der Waals surface area (Å²) in [5.74, 6) is 0.696. The summed E-state index contributed by atoms with van der Waals surface area (Å²) in [6, 6.07) is 2.11. The largest absolute Gasteiger partial charge is 0.396 e. The number of aromatic amines is 1. The molecule has 0 aliphatic carbocycles. The number of carbonyl (C=O) groups excluding carboxylic acids is 1. The van der Waals surface area contributed by atoms with E-state index in [0.29, 0.717) is 12.5 Å². The Bertz CT molecular complexity index is 470. The summed E-state index contributed by atoms with van der Waals surface area (Å²) in [5, 5.41) is 9.29. The number of hydrogen-bond acceptors (Lipinski definition) is 3. The molecule has 1 fully saturated rings. The van der Waals surface area contributed by atoms with Gasteiger partial charge in [0.25, 0.3) is 5.91 Å². The summed E-state index contributed by atoms with van der Waals surface area (Å²) in [5.41, 5.74) is 1.68. The van der Waals surface area contributed by atoms with Crippen molar-refractivity contribution in [1.82, 2.24) is 14.8 Å². The number of rotatable bonds is 5. The van der Waals surface area contributed by atoms with Crippen LogP contribution in [0.2, 0.25) is 0 Å². The molecule has 2 rings (SSSR count). The van der Waals surface area contributed by atoms with Crippen LogP contribution in [0.4, 0.5) is 0 Å². The van der Waals surface area contributed by atoms with Gasteiger partial charge in [0, 0.05) is 50.7 Å². The molecule has 1 aliphatic heterocycles. The first-order chi connectivity index (χ1) is 10.0. The molecule has 1 aliphatic rings. The first-order valence-corrected chi connectivity index (χ1v) is 7.81. The molecule has 2 heterocycles. The van der Waals surface area contributed by atoms with Crippen LogP contribution in [0.5, 0.6) is 0 Å². The maximum Gasteiger partial charge on any atom is 0.255 e. The zero-order valence-corrected chi connectivity index (χ0v) is 13.3. The minimum atomic E-state index is 0.0980. The Labute approximate surface area is 126 Å². The lowest BCUT2D eigenvalue weighted by molar-refractivity contribution is 0.0384. The number of carbonyl (C=O) groups is 1. The lowest BCUT2D eigenvalue weighted by Gasteiger charge is -2.42. The van der Waals surface area contributed by atoms with Gasteiger partial charge in [-0.25, -0.2) is 0 Å². The van der Waals surface area contributed by atoms with E-state index < -0.39 is 0 Å². The predicted octanol–water partition coefficient (Wildman–Crippen LogP) is 1.49. The van der Waals surface area contributed by atoms with E-state index in [1.54, 1.807) is 0 Å². The molecule has 1 atom stereocenters. The maximum atomic E-state index is 12.6. The number of H-pyrrole nitrogens is 1. The van der Waals surface area contributed by atoms with Crippen molar-refractivity contribution in [3.05, 3.63) is 23.5 Å². The monoisotopic (exact) mass is 293 g/mol. The number of hydrogen-bond donors (Lipinski definition) is 2. The number of nitrogens with one attached hydrogen (secondary N) is 1. The smallest absolute Gasteiger partial charge is 0.255 e. The van der Waals surface area contributed by atoms with Crippen LogP contribution in [0.25, 0.3) is 0 Å². The molecule has 0 saturated carbocycles. The molecular formula is C16H27N3O2. The zero-order chi connectivity index (χ0) is 15.4. The van der Waals surface area contributed by atoms with Gasteiger partial charge in [0.05, 0.1) is 5.56 Å². The number of aromatic nitrogens is 1. The third-order valence-corrected chi connectivity index (χ3v) is 4.14. The van der Waals surface area contributed by atoms with E-state index in [0.717, 1.165) is 37.3 Å². The van der Waals surface area contributed by atoms with Crippen LogP contribution in [-0.4, -0.2) is 64.6 Å². The molecule has 1 aromatic rings. The Morgan fingerprint density at radius 2 is 2.24 bits per heavy atom. The highest BCUT2D eigenvalue weighted by molar-refractivity contribution is 5.95. The Hall–Kier alpha value is -1.33. The van der Waals surface area contributed by atoms with Crippen molar-refractivity contribution >= 4 is 5.91 Å². The Morgan fingerprint density at radius 3 is 2.81 bits per heavy atom. The Balaban J connectivity index is 2.04. The van der Waals surface area contributed by atoms with Crippen LogP contribution in [0.3, 0.4) is 0 Å². The van der Waals surface area contributed by atoms with E-state index in [1.807, 2.05) is 24.1 Å². The second kappa shape index (κ2) is 7.09. The maximum absolute atomic E-state index is 12.6. The Kier molecular flexibility index (Phi) is 5.42. The van der Waals surface area contributed by atoms with Gasteiger partial charge in [-0.1, -0.05) is 13.8 Å². The van der Waals surface area contributed by atoms with Crippen LogP contribution in [0.15, 0.2) is 12.3 Å². The van der Waals surface area contributed by atoms with E-state index >= 15 is 0 Å². The summed E-state index contributed by atoms with van der Waals surface area (Å²) < 4.78 is 0. The van der Waals surface area contributed by atoms with Gasteiger partial charge in [-0.3, -0.25) is 9.69 Å². The van der Waals surface area contributed by atoms with E-state index in [2.05, 4.69) is 23.7 Å². The molecule has 5 heteroatoms. The van der Waals surface area contributed by atoms with Crippen molar-refractivity contribution in [3.8, 4) is 0 Å². The average Bonchev–Trinajstić information content (AvgIpc) is 2.86. The molecule has 2 N–H and O–H groups in total. The highest BCUT2D eigenvalue weighted by Crippen LogP contribution is 2.18. The molecule has 0 radical (unpaired) electrons. The quantitative estimate of drug-likeness (QED) is 0.864. The molecule has 5 nitrogen and oxygen atoms in total. The third kappa shape index (κ3) is 3.86. The SMILES string of the molecule is Cc1[nH]ccc1C(=O)N1CCN(CC(C)C)[C@@H](CCO)C1. The zero-order valence-electron chi connectivity index (χ0n) is 13.3. The number of amides is 1. The molecule has 1 amide bonds. The molecule has 0 aromatic carbocycles. The van der Waals surface area contributed by atoms with Crippen LogP contribution in [-0.2, 0) is 0 Å². The summed E-state index contributed by atoms with van der Waals surface area (Å²) in [4.78, 5) is 20.0. The lowest BCUT2D eigenvalue weighted by atomic mass is 10.1. The predicted molar refractivity (Wildman–Crippen MR) is 83.3 cm³/mol. The highest BCUT2D eigenvalue weighted by atomic mass is 16.3. The van der Waals surface area contributed by atoms with Crippen molar-refractivity contribution < 1.29 is 9.90 Å². The molecule has 1 saturated heterocycles. The second-order valence-electron chi connectivity index (χ2n) is 6.32. The Morgan fingerprint density at radius 1 is 1.48 bits per heavy atom. The van der Waals surface area contributed by atoms with Crippen molar-refractivity contribution in [1.29, 1.82) is 0 Å². The van der Waals surface area contributed by atoms with Gasteiger partial charge in [0.1, 0.15) is 0 Å². The summed E-state index contributed by atoms with van der Waals surface area (Å²) in [6.07, 6.45) is 2.53. The normalized spacial score (nSPS) is 20.2. The topological polar surface area (TPSA) is 59.6 Å².